The highest BCUT2D eigenvalue weighted by Gasteiger charge is 2.10. The molecule has 0 aromatic rings. The number of hydrogen-bond donors (Lipinski definition) is 0. The van der Waals surface area contributed by atoms with E-state index in [-0.39, 0.29) is 5.97 Å². The average Bonchev–Trinajstić information content (AvgIpc) is 2.73. The molecular formula is C27H54O2. The molecule has 0 amide bonds. The van der Waals surface area contributed by atoms with Crippen LogP contribution < -0.4 is 0 Å². The lowest BCUT2D eigenvalue weighted by Crippen LogP contribution is -2.13. The third kappa shape index (κ3) is 22.0. The summed E-state index contributed by atoms with van der Waals surface area (Å²) >= 11 is 0. The van der Waals surface area contributed by atoms with Gasteiger partial charge in [0.15, 0.2) is 0 Å². The summed E-state index contributed by atoms with van der Waals surface area (Å²) in [4.78, 5) is 12.0. The molecule has 2 heteroatoms. The second-order valence-electron chi connectivity index (χ2n) is 9.15. The van der Waals surface area contributed by atoms with Gasteiger partial charge in [0.05, 0.1) is 6.61 Å². The van der Waals surface area contributed by atoms with E-state index in [1.807, 2.05) is 0 Å². The largest absolute Gasteiger partial charge is 0.465 e. The highest BCUT2D eigenvalue weighted by Crippen LogP contribution is 2.17. The van der Waals surface area contributed by atoms with Crippen molar-refractivity contribution in [1.29, 1.82) is 0 Å². The van der Waals surface area contributed by atoms with Gasteiger partial charge in [-0.3, -0.25) is 4.79 Å². The van der Waals surface area contributed by atoms with Gasteiger partial charge in [-0.1, -0.05) is 136 Å². The van der Waals surface area contributed by atoms with Crippen LogP contribution in [0.15, 0.2) is 0 Å². The zero-order chi connectivity index (χ0) is 21.4. The molecule has 0 heterocycles. The molecule has 0 aromatic heterocycles. The molecule has 0 N–H and O–H groups in total. The molecule has 0 saturated carbocycles. The van der Waals surface area contributed by atoms with E-state index in [0.29, 0.717) is 18.9 Å². The lowest BCUT2D eigenvalue weighted by molar-refractivity contribution is -0.145. The maximum Gasteiger partial charge on any atom is 0.305 e. The van der Waals surface area contributed by atoms with Gasteiger partial charge in [-0.15, -0.1) is 0 Å². The van der Waals surface area contributed by atoms with Crippen molar-refractivity contribution in [2.24, 2.45) is 5.92 Å². The second kappa shape index (κ2) is 23.7. The summed E-state index contributed by atoms with van der Waals surface area (Å²) in [6.07, 6.45) is 27.0. The number of rotatable bonds is 23. The fraction of sp³-hybridized carbons (Fsp3) is 0.963. The van der Waals surface area contributed by atoms with Crippen LogP contribution in [0.3, 0.4) is 0 Å². The summed E-state index contributed by atoms with van der Waals surface area (Å²) in [5, 5.41) is 0. The molecular weight excluding hydrogens is 356 g/mol. The Morgan fingerprint density at radius 2 is 1.00 bits per heavy atom. The van der Waals surface area contributed by atoms with Crippen molar-refractivity contribution in [2.45, 2.75) is 156 Å². The molecule has 0 fully saturated rings. The third-order valence-corrected chi connectivity index (χ3v) is 6.26. The van der Waals surface area contributed by atoms with Crippen molar-refractivity contribution in [2.75, 3.05) is 6.61 Å². The standard InChI is InChI=1S/C27H54O2/c1-4-7-9-11-13-15-16-18-20-22-24-27(28)29-25-26(6-3)23-21-19-17-14-12-10-8-5-2/h26H,4-25H2,1-3H3. The number of carbonyl (C=O) groups excluding carboxylic acids is 1. The van der Waals surface area contributed by atoms with E-state index in [9.17, 15) is 4.79 Å². The Hall–Kier alpha value is -0.530. The average molecular weight is 411 g/mol. The minimum Gasteiger partial charge on any atom is -0.465 e. The highest BCUT2D eigenvalue weighted by atomic mass is 16.5. The maximum atomic E-state index is 12.0. The molecule has 0 aliphatic rings. The van der Waals surface area contributed by atoms with Crippen LogP contribution in [-0.4, -0.2) is 12.6 Å². The van der Waals surface area contributed by atoms with E-state index in [2.05, 4.69) is 20.8 Å². The summed E-state index contributed by atoms with van der Waals surface area (Å²) in [5.41, 5.74) is 0. The van der Waals surface area contributed by atoms with E-state index in [0.717, 1.165) is 12.8 Å². The zero-order valence-electron chi connectivity index (χ0n) is 20.5. The summed E-state index contributed by atoms with van der Waals surface area (Å²) in [6.45, 7) is 7.41. The molecule has 0 aliphatic heterocycles. The summed E-state index contributed by atoms with van der Waals surface area (Å²) in [5.74, 6) is 0.589. The van der Waals surface area contributed by atoms with Crippen LogP contribution in [0.5, 0.6) is 0 Å². The predicted molar refractivity (Wildman–Crippen MR) is 128 cm³/mol. The first-order valence-corrected chi connectivity index (χ1v) is 13.4. The van der Waals surface area contributed by atoms with Crippen LogP contribution in [0.1, 0.15) is 156 Å². The smallest absolute Gasteiger partial charge is 0.305 e. The number of ether oxygens (including phenoxy) is 1. The summed E-state index contributed by atoms with van der Waals surface area (Å²) in [6, 6.07) is 0. The molecule has 0 saturated heterocycles. The van der Waals surface area contributed by atoms with Crippen LogP contribution in [0.2, 0.25) is 0 Å². The normalized spacial score (nSPS) is 12.2. The molecule has 0 bridgehead atoms. The SMILES string of the molecule is CCCCCCCCCCCCC(=O)OCC(CC)CCCCCCCCCC. The lowest BCUT2D eigenvalue weighted by atomic mass is 9.98. The molecule has 29 heavy (non-hydrogen) atoms. The van der Waals surface area contributed by atoms with Gasteiger partial charge in [-0.25, -0.2) is 0 Å². The minimum atomic E-state index is 0.0268. The van der Waals surface area contributed by atoms with Crippen LogP contribution in [0.4, 0.5) is 0 Å². The minimum absolute atomic E-state index is 0.0268. The Bertz CT molecular complexity index is 326. The first-order valence-electron chi connectivity index (χ1n) is 13.4. The van der Waals surface area contributed by atoms with E-state index < -0.39 is 0 Å². The maximum absolute atomic E-state index is 12.0. The second-order valence-corrected chi connectivity index (χ2v) is 9.15. The Kier molecular flexibility index (Phi) is 23.3. The van der Waals surface area contributed by atoms with Crippen molar-refractivity contribution >= 4 is 5.97 Å². The quantitative estimate of drug-likeness (QED) is 0.124. The first kappa shape index (κ1) is 28.5. The molecule has 0 radical (unpaired) electrons. The zero-order valence-corrected chi connectivity index (χ0v) is 20.5. The Balaban J connectivity index is 3.45. The fourth-order valence-corrected chi connectivity index (χ4v) is 4.01. The summed E-state index contributed by atoms with van der Waals surface area (Å²) in [7, 11) is 0. The molecule has 0 aliphatic carbocycles. The molecule has 1 unspecified atom stereocenters. The molecule has 0 aromatic carbocycles. The van der Waals surface area contributed by atoms with Gasteiger partial charge < -0.3 is 4.74 Å². The molecule has 0 rings (SSSR count). The third-order valence-electron chi connectivity index (χ3n) is 6.26. The van der Waals surface area contributed by atoms with E-state index in [4.69, 9.17) is 4.74 Å². The number of carbonyl (C=O) groups is 1. The van der Waals surface area contributed by atoms with Crippen LogP contribution in [0, 0.1) is 5.92 Å². The van der Waals surface area contributed by atoms with Gasteiger partial charge in [-0.05, 0) is 18.8 Å². The van der Waals surface area contributed by atoms with Gasteiger partial charge in [-0.2, -0.15) is 0 Å². The Morgan fingerprint density at radius 3 is 1.45 bits per heavy atom. The van der Waals surface area contributed by atoms with Gasteiger partial charge in [0, 0.05) is 6.42 Å². The highest BCUT2D eigenvalue weighted by molar-refractivity contribution is 5.69. The monoisotopic (exact) mass is 410 g/mol. The topological polar surface area (TPSA) is 26.3 Å². The number of esters is 1. The molecule has 174 valence electrons. The first-order chi connectivity index (χ1) is 14.2. The van der Waals surface area contributed by atoms with Gasteiger partial charge in [0.25, 0.3) is 0 Å². The molecule has 0 spiro atoms. The number of unbranched alkanes of at least 4 members (excludes halogenated alkanes) is 16. The van der Waals surface area contributed by atoms with Crippen molar-refractivity contribution < 1.29 is 9.53 Å². The van der Waals surface area contributed by atoms with E-state index in [1.54, 1.807) is 0 Å². The Morgan fingerprint density at radius 1 is 0.586 bits per heavy atom. The van der Waals surface area contributed by atoms with Crippen LogP contribution >= 0.6 is 0 Å². The number of hydrogen-bond acceptors (Lipinski definition) is 2. The van der Waals surface area contributed by atoms with Crippen molar-refractivity contribution in [3.63, 3.8) is 0 Å². The lowest BCUT2D eigenvalue weighted by Gasteiger charge is -2.15. The van der Waals surface area contributed by atoms with Crippen molar-refractivity contribution in [1.82, 2.24) is 0 Å². The van der Waals surface area contributed by atoms with Crippen LogP contribution in [0.25, 0.3) is 0 Å². The van der Waals surface area contributed by atoms with E-state index in [1.165, 1.54) is 116 Å². The predicted octanol–water partition coefficient (Wildman–Crippen LogP) is 9.40. The Labute approximate surface area is 184 Å². The molecule has 1 atom stereocenters. The summed E-state index contributed by atoms with van der Waals surface area (Å²) < 4.78 is 5.56. The van der Waals surface area contributed by atoms with Crippen LogP contribution in [-0.2, 0) is 9.53 Å². The van der Waals surface area contributed by atoms with Gasteiger partial charge >= 0.3 is 5.97 Å². The van der Waals surface area contributed by atoms with Crippen molar-refractivity contribution in [3.8, 4) is 0 Å². The van der Waals surface area contributed by atoms with Crippen molar-refractivity contribution in [3.05, 3.63) is 0 Å². The van der Waals surface area contributed by atoms with E-state index >= 15 is 0 Å². The van der Waals surface area contributed by atoms with Gasteiger partial charge in [0.2, 0.25) is 0 Å². The molecule has 2 nitrogen and oxygen atoms in total. The van der Waals surface area contributed by atoms with Gasteiger partial charge in [0.1, 0.15) is 0 Å². The fourth-order valence-electron chi connectivity index (χ4n) is 4.01.